The van der Waals surface area contributed by atoms with E-state index in [1.807, 2.05) is 24.4 Å². The monoisotopic (exact) mass is 385 g/mol. The number of primary amides is 1. The number of benzene rings is 1. The Morgan fingerprint density at radius 1 is 1.33 bits per heavy atom. The Morgan fingerprint density at radius 2 is 2.07 bits per heavy atom. The summed E-state index contributed by atoms with van der Waals surface area (Å²) in [6.45, 7) is 6.12. The van der Waals surface area contributed by atoms with Gasteiger partial charge in [0, 0.05) is 24.5 Å². The Kier molecular flexibility index (Phi) is 5.43. The summed E-state index contributed by atoms with van der Waals surface area (Å²) in [6, 6.07) is 5.33. The number of hydrogen-bond donors (Lipinski definition) is 1. The van der Waals surface area contributed by atoms with Gasteiger partial charge >= 0.3 is 0 Å². The van der Waals surface area contributed by atoms with Crippen LogP contribution in [0, 0.1) is 13.8 Å². The fourth-order valence-corrected chi connectivity index (χ4v) is 4.02. The highest BCUT2D eigenvalue weighted by atomic mass is 32.1. The molecule has 2 aromatic heterocycles. The number of methoxy groups -OCH3 is 1. The average molecular weight is 385 g/mol. The summed E-state index contributed by atoms with van der Waals surface area (Å²) in [7, 11) is 1.58. The first kappa shape index (κ1) is 19.3. The van der Waals surface area contributed by atoms with Crippen LogP contribution < -0.4 is 11.3 Å². The van der Waals surface area contributed by atoms with Crippen molar-refractivity contribution in [2.75, 3.05) is 13.7 Å². The van der Waals surface area contributed by atoms with Crippen molar-refractivity contribution in [1.82, 2.24) is 9.55 Å². The van der Waals surface area contributed by atoms with E-state index in [9.17, 15) is 9.59 Å². The van der Waals surface area contributed by atoms with Gasteiger partial charge < -0.3 is 10.5 Å². The van der Waals surface area contributed by atoms with E-state index in [1.165, 1.54) is 21.5 Å². The molecule has 2 heterocycles. The number of nitrogens with zero attached hydrogens (tertiary/aromatic N) is 2. The molecule has 0 aliphatic carbocycles. The Balaban J connectivity index is 2.28. The maximum Gasteiger partial charge on any atom is 0.263 e. The zero-order valence-corrected chi connectivity index (χ0v) is 16.7. The van der Waals surface area contributed by atoms with Crippen LogP contribution in [0.3, 0.4) is 0 Å². The van der Waals surface area contributed by atoms with Gasteiger partial charge in [-0.25, -0.2) is 4.98 Å². The van der Waals surface area contributed by atoms with Gasteiger partial charge in [0.1, 0.15) is 16.7 Å². The summed E-state index contributed by atoms with van der Waals surface area (Å²) in [5, 5.41) is 2.47. The first-order valence-electron chi connectivity index (χ1n) is 8.73. The normalized spacial score (nSPS) is 12.4. The lowest BCUT2D eigenvalue weighted by molar-refractivity contribution is -0.120. The van der Waals surface area contributed by atoms with Crippen LogP contribution in [0.1, 0.15) is 29.9 Å². The molecule has 1 amide bonds. The van der Waals surface area contributed by atoms with Crippen LogP contribution in [0.2, 0.25) is 0 Å². The number of thiophene rings is 1. The Labute approximate surface area is 161 Å². The lowest BCUT2D eigenvalue weighted by Crippen LogP contribution is -2.35. The number of fused-ring (bicyclic) bond motifs is 1. The number of ether oxygens (including phenoxy) is 1. The molecular formula is C20H23N3O3S. The number of aromatic nitrogens is 2. The molecule has 0 saturated carbocycles. The molecule has 0 radical (unpaired) electrons. The summed E-state index contributed by atoms with van der Waals surface area (Å²) in [5.74, 6) is -0.0611. The molecule has 0 spiro atoms. The highest BCUT2D eigenvalue weighted by Crippen LogP contribution is 2.32. The molecule has 0 fully saturated rings. The molecule has 27 heavy (non-hydrogen) atoms. The van der Waals surface area contributed by atoms with Gasteiger partial charge in [-0.2, -0.15) is 0 Å². The molecular weight excluding hydrogens is 362 g/mol. The quantitative estimate of drug-likeness (QED) is 0.707. The summed E-state index contributed by atoms with van der Waals surface area (Å²) >= 11 is 1.43. The highest BCUT2D eigenvalue weighted by molar-refractivity contribution is 7.17. The maximum absolute atomic E-state index is 13.3. The molecule has 0 saturated heterocycles. The van der Waals surface area contributed by atoms with Gasteiger partial charge in [0.15, 0.2) is 0 Å². The van der Waals surface area contributed by atoms with Gasteiger partial charge in [0.25, 0.3) is 5.56 Å². The molecule has 3 rings (SSSR count). The molecule has 1 atom stereocenters. The molecule has 2 N–H and O–H groups in total. The summed E-state index contributed by atoms with van der Waals surface area (Å²) in [6.07, 6.45) is 0.427. The number of aryl methyl sites for hydroxylation is 2. The van der Waals surface area contributed by atoms with Crippen LogP contribution in [-0.2, 0) is 16.0 Å². The van der Waals surface area contributed by atoms with Crippen molar-refractivity contribution in [3.05, 3.63) is 50.9 Å². The van der Waals surface area contributed by atoms with Crippen LogP contribution in [-0.4, -0.2) is 29.2 Å². The van der Waals surface area contributed by atoms with Gasteiger partial charge in [0.05, 0.1) is 12.0 Å². The number of nitrogens with two attached hydrogens (primary N) is 1. The molecule has 1 unspecified atom stereocenters. The third-order valence-corrected chi connectivity index (χ3v) is 5.73. The van der Waals surface area contributed by atoms with Crippen molar-refractivity contribution in [1.29, 1.82) is 0 Å². The van der Waals surface area contributed by atoms with Crippen molar-refractivity contribution in [2.45, 2.75) is 33.2 Å². The van der Waals surface area contributed by atoms with Crippen LogP contribution in [0.5, 0.6) is 0 Å². The standard InChI is InChI=1S/C20H23N3O3S/c1-11-5-6-14(9-12(11)2)15-10-27-19-17(15)20(25)23(13(3)18(21)24)16(22-19)7-8-26-4/h5-6,9-10,13H,7-8H2,1-4H3,(H2,21,24). The third kappa shape index (κ3) is 3.52. The smallest absolute Gasteiger partial charge is 0.263 e. The predicted molar refractivity (Wildman–Crippen MR) is 108 cm³/mol. The first-order chi connectivity index (χ1) is 12.8. The Bertz CT molecular complexity index is 1070. The van der Waals surface area contributed by atoms with Crippen molar-refractivity contribution in [2.24, 2.45) is 5.73 Å². The van der Waals surface area contributed by atoms with Crippen molar-refractivity contribution >= 4 is 27.5 Å². The minimum absolute atomic E-state index is 0.244. The second-order valence-electron chi connectivity index (χ2n) is 6.65. The molecule has 1 aromatic carbocycles. The van der Waals surface area contributed by atoms with E-state index in [0.717, 1.165) is 16.7 Å². The maximum atomic E-state index is 13.3. The highest BCUT2D eigenvalue weighted by Gasteiger charge is 2.22. The topological polar surface area (TPSA) is 87.2 Å². The van der Waals surface area contributed by atoms with E-state index in [0.29, 0.717) is 29.1 Å². The zero-order chi connectivity index (χ0) is 19.7. The molecule has 0 aliphatic heterocycles. The third-order valence-electron chi connectivity index (χ3n) is 4.86. The number of hydrogen-bond acceptors (Lipinski definition) is 5. The SMILES string of the molecule is COCCc1nc2scc(-c3ccc(C)c(C)c3)c2c(=O)n1C(C)C(N)=O. The fraction of sp³-hybridized carbons (Fsp3) is 0.350. The van der Waals surface area contributed by atoms with Gasteiger partial charge in [-0.1, -0.05) is 18.2 Å². The van der Waals surface area contributed by atoms with Crippen LogP contribution >= 0.6 is 11.3 Å². The second-order valence-corrected chi connectivity index (χ2v) is 7.51. The van der Waals surface area contributed by atoms with Crippen LogP contribution in [0.25, 0.3) is 21.3 Å². The van der Waals surface area contributed by atoms with E-state index in [-0.39, 0.29) is 5.56 Å². The molecule has 7 heteroatoms. The Hall–Kier alpha value is -2.51. The lowest BCUT2D eigenvalue weighted by atomic mass is 10.0. The van der Waals surface area contributed by atoms with Gasteiger partial charge in [0.2, 0.25) is 5.91 Å². The number of carbonyl (C=O) groups excluding carboxylic acids is 1. The van der Waals surface area contributed by atoms with Gasteiger partial charge in [-0.05, 0) is 37.5 Å². The van der Waals surface area contributed by atoms with Gasteiger partial charge in [-0.15, -0.1) is 11.3 Å². The fourth-order valence-electron chi connectivity index (χ4n) is 3.06. The second kappa shape index (κ2) is 7.62. The van der Waals surface area contributed by atoms with E-state index >= 15 is 0 Å². The van der Waals surface area contributed by atoms with Crippen molar-refractivity contribution in [3.63, 3.8) is 0 Å². The predicted octanol–water partition coefficient (Wildman–Crippen LogP) is 2.98. The van der Waals surface area contributed by atoms with Crippen molar-refractivity contribution < 1.29 is 9.53 Å². The van der Waals surface area contributed by atoms with Crippen LogP contribution in [0.4, 0.5) is 0 Å². The van der Waals surface area contributed by atoms with Crippen molar-refractivity contribution in [3.8, 4) is 11.1 Å². The molecule has 6 nitrogen and oxygen atoms in total. The lowest BCUT2D eigenvalue weighted by Gasteiger charge is -2.17. The molecule has 142 valence electrons. The number of carbonyl (C=O) groups is 1. The van der Waals surface area contributed by atoms with Crippen LogP contribution in [0.15, 0.2) is 28.4 Å². The minimum atomic E-state index is -0.784. The average Bonchev–Trinajstić information content (AvgIpc) is 3.06. The van der Waals surface area contributed by atoms with E-state index < -0.39 is 11.9 Å². The summed E-state index contributed by atoms with van der Waals surface area (Å²) in [4.78, 5) is 30.5. The van der Waals surface area contributed by atoms with Gasteiger partial charge in [-0.3, -0.25) is 14.2 Å². The van der Waals surface area contributed by atoms with E-state index in [1.54, 1.807) is 14.0 Å². The number of amides is 1. The summed E-state index contributed by atoms with van der Waals surface area (Å²) in [5.41, 5.74) is 9.39. The number of rotatable bonds is 6. The van der Waals surface area contributed by atoms with E-state index in [4.69, 9.17) is 10.5 Å². The largest absolute Gasteiger partial charge is 0.384 e. The van der Waals surface area contributed by atoms with E-state index in [2.05, 4.69) is 18.0 Å². The molecule has 0 aliphatic rings. The molecule has 3 aromatic rings. The first-order valence-corrected chi connectivity index (χ1v) is 9.61. The Morgan fingerprint density at radius 3 is 2.70 bits per heavy atom. The zero-order valence-electron chi connectivity index (χ0n) is 15.9. The summed E-state index contributed by atoms with van der Waals surface area (Å²) < 4.78 is 6.53. The minimum Gasteiger partial charge on any atom is -0.384 e. The molecule has 0 bridgehead atoms.